The molecule has 1 aliphatic rings. The van der Waals surface area contributed by atoms with Crippen LogP contribution < -0.4 is 0 Å². The Labute approximate surface area is 373 Å². The molecule has 0 fully saturated rings. The summed E-state index contributed by atoms with van der Waals surface area (Å²) in [5.41, 5.74) is 14.1. The number of para-hydroxylation sites is 2. The summed E-state index contributed by atoms with van der Waals surface area (Å²) in [6.45, 7) is 0. The quantitative estimate of drug-likeness (QED) is 0.173. The lowest BCUT2D eigenvalue weighted by Gasteiger charge is -2.18. The smallest absolute Gasteiger partial charge is 0.164 e. The maximum atomic E-state index is 7.09. The Hall–Kier alpha value is -8.67. The van der Waals surface area contributed by atoms with Gasteiger partial charge in [-0.15, -0.1) is 0 Å². The average Bonchev–Trinajstić information content (AvgIpc) is 4.04. The Kier molecular flexibility index (Phi) is 7.68. The van der Waals surface area contributed by atoms with Gasteiger partial charge in [0.2, 0.25) is 0 Å². The monoisotopic (exact) mass is 828 g/mol. The Balaban J connectivity index is 1.02. The molecule has 0 amide bonds. The Bertz CT molecular complexity index is 3990. The molecule has 3 aromatic heterocycles. The number of furan rings is 1. The highest BCUT2D eigenvalue weighted by Crippen LogP contribution is 2.53. The van der Waals surface area contributed by atoms with Gasteiger partial charge in [-0.2, -0.15) is 0 Å². The molecule has 0 saturated heterocycles. The number of rotatable bonds is 5. The lowest BCUT2D eigenvalue weighted by atomic mass is 9.88. The van der Waals surface area contributed by atoms with Crippen LogP contribution in [0.25, 0.3) is 116 Å². The highest BCUT2D eigenvalue weighted by Gasteiger charge is 2.34. The second kappa shape index (κ2) is 13.9. The Morgan fingerprint density at radius 2 is 1.03 bits per heavy atom. The van der Waals surface area contributed by atoms with Crippen molar-refractivity contribution in [3.63, 3.8) is 0 Å². The van der Waals surface area contributed by atoms with Crippen LogP contribution in [-0.2, 0) is 0 Å². The van der Waals surface area contributed by atoms with Crippen LogP contribution in [0.5, 0.6) is 0 Å². The first-order valence-electron chi connectivity index (χ1n) is 22.1. The normalized spacial score (nSPS) is 13.4. The van der Waals surface area contributed by atoms with E-state index >= 15 is 0 Å². The Morgan fingerprint density at radius 1 is 0.415 bits per heavy atom. The molecule has 0 radical (unpaired) electrons. The standard InChI is InChI=1S/C60H36N4O/c1-2-16-38(17-3-1)53-45-22-9-8-20-43(45)46-32-33-47-44-21-10-11-25-50(44)64(56(47)55(46)53)51-26-12-23-48-54-49(24-13-27-52(54)65-57(48)51)60-62-58(41-30-28-36-14-4-6-18-39(36)34-41)61-59(63-60)42-31-29-37-15-5-7-19-40(37)35-42/h1-35,53H. The predicted octanol–water partition coefficient (Wildman–Crippen LogP) is 15.3. The summed E-state index contributed by atoms with van der Waals surface area (Å²) in [5.74, 6) is 1.88. The van der Waals surface area contributed by atoms with E-state index < -0.39 is 0 Å². The minimum atomic E-state index is 0.0630. The molecule has 10 aromatic carbocycles. The fourth-order valence-electron chi connectivity index (χ4n) is 10.6. The highest BCUT2D eigenvalue weighted by molar-refractivity contribution is 6.17. The SMILES string of the molecule is c1ccc(C2c3ccccc3-c3ccc4c5ccccc5n(-c5cccc6c5oc5cccc(-c7nc(-c8ccc9ccccc9c8)nc(-c8ccc9ccccc9c8)n7)c56)c4c32)cc1. The van der Waals surface area contributed by atoms with Crippen molar-refractivity contribution in [2.45, 2.75) is 5.92 Å². The van der Waals surface area contributed by atoms with Crippen molar-refractivity contribution < 1.29 is 4.42 Å². The molecule has 1 unspecified atom stereocenters. The summed E-state index contributed by atoms with van der Waals surface area (Å²) in [7, 11) is 0. The molecule has 302 valence electrons. The summed E-state index contributed by atoms with van der Waals surface area (Å²) in [5, 5.41) is 8.97. The number of hydrogen-bond acceptors (Lipinski definition) is 4. The fraction of sp³-hybridized carbons (Fsp3) is 0.0167. The van der Waals surface area contributed by atoms with E-state index in [4.69, 9.17) is 19.4 Å². The first kappa shape index (κ1) is 35.9. The van der Waals surface area contributed by atoms with Crippen LogP contribution in [0.4, 0.5) is 0 Å². The van der Waals surface area contributed by atoms with E-state index in [1.807, 2.05) is 6.07 Å². The van der Waals surface area contributed by atoms with E-state index in [0.717, 1.165) is 60.6 Å². The van der Waals surface area contributed by atoms with Crippen molar-refractivity contribution in [2.24, 2.45) is 0 Å². The molecule has 5 nitrogen and oxygen atoms in total. The molecule has 3 heterocycles. The van der Waals surface area contributed by atoms with Gasteiger partial charge in [0.25, 0.3) is 0 Å². The number of fused-ring (bicyclic) bond motifs is 12. The second-order valence-electron chi connectivity index (χ2n) is 17.1. The van der Waals surface area contributed by atoms with Gasteiger partial charge in [0.1, 0.15) is 5.58 Å². The van der Waals surface area contributed by atoms with E-state index in [1.165, 1.54) is 54.9 Å². The van der Waals surface area contributed by atoms with Gasteiger partial charge in [-0.1, -0.05) is 182 Å². The summed E-state index contributed by atoms with van der Waals surface area (Å²) < 4.78 is 9.55. The van der Waals surface area contributed by atoms with Crippen LogP contribution in [0.2, 0.25) is 0 Å². The van der Waals surface area contributed by atoms with Gasteiger partial charge >= 0.3 is 0 Å². The molecule has 0 saturated carbocycles. The predicted molar refractivity (Wildman–Crippen MR) is 266 cm³/mol. The van der Waals surface area contributed by atoms with Gasteiger partial charge in [0.05, 0.1) is 16.7 Å². The molecule has 1 aliphatic carbocycles. The average molecular weight is 829 g/mol. The molecule has 0 spiro atoms. The molecule has 14 rings (SSSR count). The van der Waals surface area contributed by atoms with Crippen LogP contribution in [0.15, 0.2) is 217 Å². The molecule has 0 aliphatic heterocycles. The van der Waals surface area contributed by atoms with E-state index in [0.29, 0.717) is 17.5 Å². The van der Waals surface area contributed by atoms with E-state index in [1.54, 1.807) is 0 Å². The van der Waals surface area contributed by atoms with Crippen molar-refractivity contribution in [3.05, 3.63) is 229 Å². The van der Waals surface area contributed by atoms with Crippen LogP contribution in [0.3, 0.4) is 0 Å². The molecule has 0 bridgehead atoms. The molecular weight excluding hydrogens is 793 g/mol. The van der Waals surface area contributed by atoms with Gasteiger partial charge in [-0.3, -0.25) is 0 Å². The van der Waals surface area contributed by atoms with E-state index in [-0.39, 0.29) is 5.92 Å². The maximum absolute atomic E-state index is 7.09. The van der Waals surface area contributed by atoms with Gasteiger partial charge < -0.3 is 8.98 Å². The van der Waals surface area contributed by atoms with Crippen LogP contribution >= 0.6 is 0 Å². The fourth-order valence-corrected chi connectivity index (χ4v) is 10.6. The lowest BCUT2D eigenvalue weighted by Crippen LogP contribution is -2.03. The number of nitrogens with zero attached hydrogens (tertiary/aromatic N) is 4. The minimum absolute atomic E-state index is 0.0630. The summed E-state index contributed by atoms with van der Waals surface area (Å²) in [6, 6.07) is 75.6. The molecule has 5 heteroatoms. The number of hydrogen-bond donors (Lipinski definition) is 0. The van der Waals surface area contributed by atoms with Crippen LogP contribution in [-0.4, -0.2) is 19.5 Å². The van der Waals surface area contributed by atoms with Crippen LogP contribution in [0, 0.1) is 0 Å². The highest BCUT2D eigenvalue weighted by atomic mass is 16.3. The largest absolute Gasteiger partial charge is 0.454 e. The Morgan fingerprint density at radius 3 is 1.80 bits per heavy atom. The second-order valence-corrected chi connectivity index (χ2v) is 17.1. The first-order chi connectivity index (χ1) is 32.2. The third-order valence-corrected chi connectivity index (χ3v) is 13.5. The van der Waals surface area contributed by atoms with Crippen molar-refractivity contribution in [2.75, 3.05) is 0 Å². The summed E-state index contributed by atoms with van der Waals surface area (Å²) >= 11 is 0. The van der Waals surface area contributed by atoms with Crippen molar-refractivity contribution in [3.8, 4) is 51.0 Å². The zero-order chi connectivity index (χ0) is 42.6. The topological polar surface area (TPSA) is 56.7 Å². The summed E-state index contributed by atoms with van der Waals surface area (Å²) in [6.07, 6.45) is 0. The minimum Gasteiger partial charge on any atom is -0.454 e. The third kappa shape index (κ3) is 5.42. The molecule has 1 atom stereocenters. The lowest BCUT2D eigenvalue weighted by molar-refractivity contribution is 0.666. The molecule has 0 N–H and O–H groups in total. The van der Waals surface area contributed by atoms with E-state index in [2.05, 4.69) is 211 Å². The summed E-state index contributed by atoms with van der Waals surface area (Å²) in [4.78, 5) is 15.7. The van der Waals surface area contributed by atoms with Crippen LogP contribution in [0.1, 0.15) is 22.6 Å². The first-order valence-corrected chi connectivity index (χ1v) is 22.1. The van der Waals surface area contributed by atoms with Crippen molar-refractivity contribution >= 4 is 65.3 Å². The molecule has 65 heavy (non-hydrogen) atoms. The maximum Gasteiger partial charge on any atom is 0.164 e. The van der Waals surface area contributed by atoms with Gasteiger partial charge in [0.15, 0.2) is 23.1 Å². The zero-order valence-corrected chi connectivity index (χ0v) is 35.0. The van der Waals surface area contributed by atoms with Gasteiger partial charge in [-0.05, 0) is 79.7 Å². The number of benzene rings is 10. The van der Waals surface area contributed by atoms with Gasteiger partial charge in [0, 0.05) is 44.2 Å². The van der Waals surface area contributed by atoms with Gasteiger partial charge in [-0.25, -0.2) is 15.0 Å². The van der Waals surface area contributed by atoms with Crippen molar-refractivity contribution in [1.82, 2.24) is 19.5 Å². The molecular formula is C60H36N4O. The molecule has 13 aromatic rings. The number of aromatic nitrogens is 4. The zero-order valence-electron chi connectivity index (χ0n) is 35.0. The van der Waals surface area contributed by atoms with E-state index in [9.17, 15) is 0 Å². The third-order valence-electron chi connectivity index (χ3n) is 13.5. The van der Waals surface area contributed by atoms with Crippen molar-refractivity contribution in [1.29, 1.82) is 0 Å².